The Morgan fingerprint density at radius 2 is 1.95 bits per heavy atom. The number of hydrogen-bond acceptors (Lipinski definition) is 5. The first-order valence-electron chi connectivity index (χ1n) is 12.3. The van der Waals surface area contributed by atoms with Crippen LogP contribution in [0.1, 0.15) is 40.1 Å². The van der Waals surface area contributed by atoms with Crippen molar-refractivity contribution < 1.29 is 23.8 Å². The van der Waals surface area contributed by atoms with Crippen molar-refractivity contribution >= 4 is 11.8 Å². The fourth-order valence-electron chi connectivity index (χ4n) is 4.42. The van der Waals surface area contributed by atoms with E-state index in [9.17, 15) is 19.1 Å². The van der Waals surface area contributed by atoms with Gasteiger partial charge in [0.1, 0.15) is 17.5 Å². The minimum atomic E-state index is -0.500. The Morgan fingerprint density at radius 1 is 1.22 bits per heavy atom. The van der Waals surface area contributed by atoms with Crippen molar-refractivity contribution in [2.24, 2.45) is 5.92 Å². The predicted octanol–water partition coefficient (Wildman–Crippen LogP) is 4.19. The average molecular weight is 506 g/mol. The third-order valence-electron chi connectivity index (χ3n) is 6.78. The van der Waals surface area contributed by atoms with Crippen molar-refractivity contribution in [2.75, 3.05) is 26.7 Å². The first-order valence-corrected chi connectivity index (χ1v) is 12.3. The van der Waals surface area contributed by atoms with Gasteiger partial charge in [-0.1, -0.05) is 42.8 Å². The Balaban J connectivity index is 1.68. The number of nitrogens with zero attached hydrogens (tertiary/aromatic N) is 3. The second-order valence-electron chi connectivity index (χ2n) is 9.76. The van der Waals surface area contributed by atoms with Gasteiger partial charge in [-0.15, -0.1) is 0 Å². The molecule has 8 heteroatoms. The number of aromatic nitrogens is 1. The zero-order chi connectivity index (χ0) is 26.7. The second-order valence-corrected chi connectivity index (χ2v) is 9.76. The number of likely N-dealkylation sites (N-methyl/N-ethyl adjacent to an activating group) is 1. The van der Waals surface area contributed by atoms with Gasteiger partial charge in [0.05, 0.1) is 19.2 Å². The molecule has 2 heterocycles. The van der Waals surface area contributed by atoms with Crippen molar-refractivity contribution in [3.05, 3.63) is 83.3 Å². The maximum Gasteiger partial charge on any atom is 0.259 e. The minimum absolute atomic E-state index is 0.180. The molecule has 4 rings (SSSR count). The number of rotatable bonds is 6. The van der Waals surface area contributed by atoms with Gasteiger partial charge in [0, 0.05) is 36.8 Å². The van der Waals surface area contributed by atoms with Crippen LogP contribution in [0.3, 0.4) is 0 Å². The number of amides is 2. The fraction of sp³-hybridized carbons (Fsp3) is 0.345. The highest BCUT2D eigenvalue weighted by atomic mass is 19.1. The van der Waals surface area contributed by atoms with Crippen LogP contribution in [0.25, 0.3) is 11.1 Å². The topological polar surface area (TPSA) is 83.0 Å². The summed E-state index contributed by atoms with van der Waals surface area (Å²) in [5.74, 6) is -1.10. The van der Waals surface area contributed by atoms with Crippen molar-refractivity contribution in [3.8, 4) is 17.0 Å². The molecule has 194 valence electrons. The Hall–Kier alpha value is -3.78. The molecule has 3 aromatic rings. The zero-order valence-electron chi connectivity index (χ0n) is 21.5. The number of aliphatic hydroxyl groups excluding tert-OH is 1. The van der Waals surface area contributed by atoms with Crippen molar-refractivity contribution in [3.63, 3.8) is 0 Å². The third kappa shape index (κ3) is 5.80. The molecular formula is C29H32FN3O4. The number of pyridine rings is 1. The molecule has 7 nitrogen and oxygen atoms in total. The predicted molar refractivity (Wildman–Crippen MR) is 139 cm³/mol. The lowest BCUT2D eigenvalue weighted by Crippen LogP contribution is -2.50. The zero-order valence-corrected chi connectivity index (χ0v) is 21.5. The molecule has 1 N–H and O–H groups in total. The molecule has 0 spiro atoms. The standard InChI is InChI=1S/C29H32FN3O4/c1-18-8-10-21(11-9-18)23-13-25-27(31-14-23)37-26(19(2)15-33(29(25)36)20(3)17-34)16-32(4)28(35)22-6-5-7-24(30)12-22/h5-14,19-20,26,34H,15-17H2,1-4H3/t19-,20+,26+/m0/s1. The summed E-state index contributed by atoms with van der Waals surface area (Å²) in [6, 6.07) is 14.8. The Kier molecular flexibility index (Phi) is 7.88. The number of hydrogen-bond donors (Lipinski definition) is 1. The van der Waals surface area contributed by atoms with Crippen LogP contribution in [-0.2, 0) is 0 Å². The van der Waals surface area contributed by atoms with Gasteiger partial charge >= 0.3 is 0 Å². The molecule has 1 aliphatic rings. The van der Waals surface area contributed by atoms with Crippen molar-refractivity contribution in [1.82, 2.24) is 14.8 Å². The molecule has 0 fully saturated rings. The number of aryl methyl sites for hydroxylation is 1. The van der Waals surface area contributed by atoms with E-state index in [1.165, 1.54) is 23.1 Å². The maximum absolute atomic E-state index is 13.7. The summed E-state index contributed by atoms with van der Waals surface area (Å²) in [7, 11) is 1.64. The normalized spacial score (nSPS) is 18.3. The number of fused-ring (bicyclic) bond motifs is 1. The average Bonchev–Trinajstić information content (AvgIpc) is 2.90. The molecule has 0 saturated carbocycles. The van der Waals surface area contributed by atoms with Crippen LogP contribution in [0, 0.1) is 18.7 Å². The van der Waals surface area contributed by atoms with E-state index in [4.69, 9.17) is 4.74 Å². The molecule has 0 saturated heterocycles. The lowest BCUT2D eigenvalue weighted by molar-refractivity contribution is 0.0313. The summed E-state index contributed by atoms with van der Waals surface area (Å²) in [5.41, 5.74) is 3.36. The van der Waals surface area contributed by atoms with Crippen LogP contribution < -0.4 is 4.74 Å². The molecule has 0 radical (unpaired) electrons. The van der Waals surface area contributed by atoms with Gasteiger partial charge in [0.15, 0.2) is 0 Å². The van der Waals surface area contributed by atoms with Crippen LogP contribution in [0.4, 0.5) is 4.39 Å². The largest absolute Gasteiger partial charge is 0.472 e. The monoisotopic (exact) mass is 505 g/mol. The van der Waals surface area contributed by atoms with E-state index >= 15 is 0 Å². The molecule has 2 aromatic carbocycles. The third-order valence-corrected chi connectivity index (χ3v) is 6.78. The number of ether oxygens (including phenoxy) is 1. The molecule has 0 bridgehead atoms. The first-order chi connectivity index (χ1) is 17.7. The lowest BCUT2D eigenvalue weighted by Gasteiger charge is -2.37. The van der Waals surface area contributed by atoms with Crippen LogP contribution in [0.5, 0.6) is 5.88 Å². The van der Waals surface area contributed by atoms with Gasteiger partial charge in [-0.05, 0) is 43.7 Å². The number of halogens is 1. The van der Waals surface area contributed by atoms with Crippen molar-refractivity contribution in [1.29, 1.82) is 0 Å². The minimum Gasteiger partial charge on any atom is -0.472 e. The number of aliphatic hydroxyl groups is 1. The SMILES string of the molecule is Cc1ccc(-c2cnc3c(c2)C(=O)N([C@H](C)CO)C[C@H](C)[C@@H](CN(C)C(=O)c2cccc(F)c2)O3)cc1. The highest BCUT2D eigenvalue weighted by molar-refractivity contribution is 5.98. The van der Waals surface area contributed by atoms with Gasteiger partial charge in [-0.25, -0.2) is 9.37 Å². The highest BCUT2D eigenvalue weighted by Crippen LogP contribution is 2.30. The molecule has 0 unspecified atom stereocenters. The summed E-state index contributed by atoms with van der Waals surface area (Å²) in [4.78, 5) is 34.2. The van der Waals surface area contributed by atoms with E-state index in [1.807, 2.05) is 38.1 Å². The van der Waals surface area contributed by atoms with E-state index in [-0.39, 0.29) is 42.3 Å². The van der Waals surface area contributed by atoms with Gasteiger partial charge in [0.2, 0.25) is 5.88 Å². The van der Waals surface area contributed by atoms with E-state index in [2.05, 4.69) is 4.98 Å². The van der Waals surface area contributed by atoms with Gasteiger partial charge < -0.3 is 19.6 Å². The molecule has 37 heavy (non-hydrogen) atoms. The summed E-state index contributed by atoms with van der Waals surface area (Å²) < 4.78 is 20.0. The molecule has 0 aliphatic carbocycles. The summed E-state index contributed by atoms with van der Waals surface area (Å²) in [5, 5.41) is 9.87. The number of carbonyl (C=O) groups is 2. The Morgan fingerprint density at radius 3 is 2.62 bits per heavy atom. The van der Waals surface area contributed by atoms with E-state index in [1.54, 1.807) is 37.2 Å². The van der Waals surface area contributed by atoms with Crippen LogP contribution >= 0.6 is 0 Å². The molecule has 3 atom stereocenters. The second kappa shape index (κ2) is 11.1. The van der Waals surface area contributed by atoms with Crippen LogP contribution in [0.15, 0.2) is 60.8 Å². The molecule has 1 aliphatic heterocycles. The van der Waals surface area contributed by atoms with Gasteiger partial charge in [0.25, 0.3) is 11.8 Å². The van der Waals surface area contributed by atoms with E-state index in [0.717, 1.165) is 16.7 Å². The summed E-state index contributed by atoms with van der Waals surface area (Å²) in [6.45, 7) is 6.06. The number of benzene rings is 2. The highest BCUT2D eigenvalue weighted by Gasteiger charge is 2.35. The summed E-state index contributed by atoms with van der Waals surface area (Å²) >= 11 is 0. The fourth-order valence-corrected chi connectivity index (χ4v) is 4.42. The Labute approximate surface area is 216 Å². The quantitative estimate of drug-likeness (QED) is 0.543. The van der Waals surface area contributed by atoms with Crippen molar-refractivity contribution in [2.45, 2.75) is 32.9 Å². The van der Waals surface area contributed by atoms with Gasteiger partial charge in [-0.2, -0.15) is 0 Å². The van der Waals surface area contributed by atoms with E-state index in [0.29, 0.717) is 12.1 Å². The first kappa shape index (κ1) is 26.3. The van der Waals surface area contributed by atoms with Crippen LogP contribution in [-0.4, -0.2) is 70.6 Å². The smallest absolute Gasteiger partial charge is 0.259 e. The Bertz CT molecular complexity index is 1280. The lowest BCUT2D eigenvalue weighted by atomic mass is 9.98. The summed E-state index contributed by atoms with van der Waals surface area (Å²) in [6.07, 6.45) is 1.17. The van der Waals surface area contributed by atoms with Crippen LogP contribution in [0.2, 0.25) is 0 Å². The van der Waals surface area contributed by atoms with E-state index < -0.39 is 18.0 Å². The van der Waals surface area contributed by atoms with Gasteiger partial charge in [-0.3, -0.25) is 9.59 Å². The maximum atomic E-state index is 13.7. The molecular weight excluding hydrogens is 473 g/mol. The number of carbonyl (C=O) groups excluding carboxylic acids is 2. The molecule has 2 amide bonds. The molecule has 1 aromatic heterocycles.